The Hall–Kier alpha value is -2.10. The summed E-state index contributed by atoms with van der Waals surface area (Å²) < 4.78 is 0. The molecular weight excluding hydrogens is 200 g/mol. The third-order valence-corrected chi connectivity index (χ3v) is 2.32. The van der Waals surface area contributed by atoms with Gasteiger partial charge >= 0.3 is 0 Å². The molecule has 0 aliphatic heterocycles. The Morgan fingerprint density at radius 1 is 1.19 bits per heavy atom. The van der Waals surface area contributed by atoms with Gasteiger partial charge in [0.2, 0.25) is 0 Å². The minimum absolute atomic E-state index is 0.541. The first-order chi connectivity index (χ1) is 7.75. The fourth-order valence-electron chi connectivity index (χ4n) is 1.50. The number of hydrogen-bond donors (Lipinski definition) is 1. The van der Waals surface area contributed by atoms with E-state index in [1.165, 1.54) is 5.56 Å². The van der Waals surface area contributed by atoms with Gasteiger partial charge in [0, 0.05) is 26.0 Å². The number of nitrogen functional groups attached to an aromatic ring is 1. The van der Waals surface area contributed by atoms with Crippen molar-refractivity contribution in [2.45, 2.75) is 6.54 Å². The second kappa shape index (κ2) is 4.61. The molecule has 2 aromatic heterocycles. The van der Waals surface area contributed by atoms with Gasteiger partial charge in [0.15, 0.2) is 0 Å². The largest absolute Gasteiger partial charge is 0.384 e. The van der Waals surface area contributed by atoms with Crippen LogP contribution in [0.1, 0.15) is 5.56 Å². The van der Waals surface area contributed by atoms with Crippen LogP contribution in [0, 0.1) is 0 Å². The molecule has 0 bridgehead atoms. The second-order valence-corrected chi connectivity index (χ2v) is 3.63. The van der Waals surface area contributed by atoms with Crippen LogP contribution in [0.2, 0.25) is 0 Å². The van der Waals surface area contributed by atoms with E-state index in [0.717, 1.165) is 12.4 Å². The summed E-state index contributed by atoms with van der Waals surface area (Å²) >= 11 is 0. The van der Waals surface area contributed by atoms with Crippen LogP contribution < -0.4 is 10.6 Å². The van der Waals surface area contributed by atoms with Crippen molar-refractivity contribution < 1.29 is 0 Å². The number of nitrogens with zero attached hydrogens (tertiary/aromatic N) is 3. The summed E-state index contributed by atoms with van der Waals surface area (Å²) in [7, 11) is 1.99. The average Bonchev–Trinajstić information content (AvgIpc) is 2.30. The number of pyridine rings is 2. The summed E-state index contributed by atoms with van der Waals surface area (Å²) in [4.78, 5) is 10.3. The maximum absolute atomic E-state index is 5.64. The van der Waals surface area contributed by atoms with Crippen molar-refractivity contribution in [1.82, 2.24) is 9.97 Å². The summed E-state index contributed by atoms with van der Waals surface area (Å²) in [5, 5.41) is 0. The van der Waals surface area contributed by atoms with Gasteiger partial charge in [0.25, 0.3) is 0 Å². The molecule has 0 aliphatic carbocycles. The van der Waals surface area contributed by atoms with Crippen LogP contribution in [0.4, 0.5) is 11.6 Å². The predicted molar refractivity (Wildman–Crippen MR) is 65.0 cm³/mol. The fourth-order valence-corrected chi connectivity index (χ4v) is 1.50. The van der Waals surface area contributed by atoms with Crippen LogP contribution in [0.5, 0.6) is 0 Å². The monoisotopic (exact) mass is 214 g/mol. The van der Waals surface area contributed by atoms with Gasteiger partial charge in [-0.3, -0.25) is 4.98 Å². The topological polar surface area (TPSA) is 55.0 Å². The quantitative estimate of drug-likeness (QED) is 0.844. The molecule has 0 saturated carbocycles. The van der Waals surface area contributed by atoms with E-state index in [-0.39, 0.29) is 0 Å². The summed E-state index contributed by atoms with van der Waals surface area (Å²) in [5.41, 5.74) is 6.84. The fraction of sp³-hybridized carbons (Fsp3) is 0.167. The van der Waals surface area contributed by atoms with Crippen molar-refractivity contribution in [3.8, 4) is 0 Å². The van der Waals surface area contributed by atoms with E-state index in [2.05, 4.69) is 9.97 Å². The van der Waals surface area contributed by atoms with Gasteiger partial charge in [-0.1, -0.05) is 6.07 Å². The van der Waals surface area contributed by atoms with Gasteiger partial charge < -0.3 is 10.6 Å². The average molecular weight is 214 g/mol. The van der Waals surface area contributed by atoms with Crippen molar-refractivity contribution in [2.24, 2.45) is 0 Å². The third kappa shape index (κ3) is 2.48. The van der Waals surface area contributed by atoms with Crippen molar-refractivity contribution in [3.05, 3.63) is 48.3 Å². The van der Waals surface area contributed by atoms with E-state index in [0.29, 0.717) is 5.82 Å². The Bertz CT molecular complexity index is 456. The molecule has 0 radical (unpaired) electrons. The summed E-state index contributed by atoms with van der Waals surface area (Å²) in [6, 6.07) is 9.60. The smallest absolute Gasteiger partial charge is 0.130 e. The molecule has 0 saturated heterocycles. The Kier molecular flexibility index (Phi) is 3.00. The van der Waals surface area contributed by atoms with Crippen LogP contribution in [-0.2, 0) is 6.54 Å². The van der Waals surface area contributed by atoms with E-state index in [9.17, 15) is 0 Å². The molecule has 82 valence electrons. The molecule has 0 fully saturated rings. The normalized spacial score (nSPS) is 10.1. The molecule has 0 unspecified atom stereocenters. The highest BCUT2D eigenvalue weighted by Crippen LogP contribution is 2.13. The molecule has 2 aromatic rings. The van der Waals surface area contributed by atoms with Gasteiger partial charge in [0.1, 0.15) is 11.6 Å². The van der Waals surface area contributed by atoms with E-state index < -0.39 is 0 Å². The van der Waals surface area contributed by atoms with Crippen molar-refractivity contribution in [3.63, 3.8) is 0 Å². The molecule has 0 atom stereocenters. The Labute approximate surface area is 94.8 Å². The first-order valence-electron chi connectivity index (χ1n) is 5.08. The van der Waals surface area contributed by atoms with Crippen molar-refractivity contribution in [1.29, 1.82) is 0 Å². The van der Waals surface area contributed by atoms with E-state index >= 15 is 0 Å². The SMILES string of the molecule is CN(Cc1ccncc1)c1cccc(N)n1. The lowest BCUT2D eigenvalue weighted by Gasteiger charge is -2.18. The van der Waals surface area contributed by atoms with Crippen molar-refractivity contribution >= 4 is 11.6 Å². The number of nitrogens with two attached hydrogens (primary N) is 1. The van der Waals surface area contributed by atoms with Crippen LogP contribution in [0.15, 0.2) is 42.7 Å². The number of aromatic nitrogens is 2. The molecule has 16 heavy (non-hydrogen) atoms. The molecule has 4 nitrogen and oxygen atoms in total. The highest BCUT2D eigenvalue weighted by atomic mass is 15.2. The lowest BCUT2D eigenvalue weighted by atomic mass is 10.2. The Morgan fingerprint density at radius 3 is 2.62 bits per heavy atom. The first-order valence-corrected chi connectivity index (χ1v) is 5.08. The number of anilines is 2. The van der Waals surface area contributed by atoms with Gasteiger partial charge in [-0.25, -0.2) is 4.98 Å². The molecular formula is C12H14N4. The lowest BCUT2D eigenvalue weighted by molar-refractivity contribution is 0.897. The van der Waals surface area contributed by atoms with Gasteiger partial charge in [-0.05, 0) is 29.8 Å². The zero-order valence-electron chi connectivity index (χ0n) is 9.17. The van der Waals surface area contributed by atoms with Crippen LogP contribution in [0.3, 0.4) is 0 Å². The van der Waals surface area contributed by atoms with Crippen LogP contribution in [-0.4, -0.2) is 17.0 Å². The highest BCUT2D eigenvalue weighted by molar-refractivity contribution is 5.44. The highest BCUT2D eigenvalue weighted by Gasteiger charge is 2.03. The molecule has 2 N–H and O–H groups in total. The first kappa shape index (κ1) is 10.4. The number of hydrogen-bond acceptors (Lipinski definition) is 4. The summed E-state index contributed by atoms with van der Waals surface area (Å²) in [6.45, 7) is 0.791. The van der Waals surface area contributed by atoms with Crippen LogP contribution >= 0.6 is 0 Å². The lowest BCUT2D eigenvalue weighted by Crippen LogP contribution is -2.17. The maximum atomic E-state index is 5.64. The van der Waals surface area contributed by atoms with Gasteiger partial charge in [-0.15, -0.1) is 0 Å². The molecule has 0 spiro atoms. The standard InChI is InChI=1S/C12H14N4/c1-16(9-10-5-7-14-8-6-10)12-4-2-3-11(13)15-12/h2-8H,9H2,1H3,(H2,13,15). The minimum Gasteiger partial charge on any atom is -0.384 e. The molecule has 4 heteroatoms. The zero-order chi connectivity index (χ0) is 11.4. The van der Waals surface area contributed by atoms with Gasteiger partial charge in [0.05, 0.1) is 0 Å². The summed E-state index contributed by atoms with van der Waals surface area (Å²) in [5.74, 6) is 1.41. The van der Waals surface area contributed by atoms with Gasteiger partial charge in [-0.2, -0.15) is 0 Å². The molecule has 0 amide bonds. The minimum atomic E-state index is 0.541. The maximum Gasteiger partial charge on any atom is 0.130 e. The Morgan fingerprint density at radius 2 is 1.94 bits per heavy atom. The Balaban J connectivity index is 2.12. The van der Waals surface area contributed by atoms with E-state index in [4.69, 9.17) is 5.73 Å². The van der Waals surface area contributed by atoms with E-state index in [1.54, 1.807) is 18.5 Å². The third-order valence-electron chi connectivity index (χ3n) is 2.32. The van der Waals surface area contributed by atoms with E-state index in [1.807, 2.05) is 36.2 Å². The number of rotatable bonds is 3. The van der Waals surface area contributed by atoms with Crippen LogP contribution in [0.25, 0.3) is 0 Å². The molecule has 0 aliphatic rings. The molecule has 0 aromatic carbocycles. The predicted octanol–water partition coefficient (Wildman–Crippen LogP) is 1.70. The molecule has 2 rings (SSSR count). The molecule has 2 heterocycles. The summed E-state index contributed by atoms with van der Waals surface area (Å²) in [6.07, 6.45) is 3.58. The second-order valence-electron chi connectivity index (χ2n) is 3.63. The zero-order valence-corrected chi connectivity index (χ0v) is 9.17. The van der Waals surface area contributed by atoms with Crippen molar-refractivity contribution in [2.75, 3.05) is 17.7 Å².